The van der Waals surface area contributed by atoms with Crippen molar-refractivity contribution in [2.45, 2.75) is 0 Å². The number of rotatable bonds is 3. The fourth-order valence-corrected chi connectivity index (χ4v) is 1.29. The van der Waals surface area contributed by atoms with Crippen LogP contribution in [0.3, 0.4) is 0 Å². The Labute approximate surface area is 66.6 Å². The molecule has 1 rings (SSSR count). The van der Waals surface area contributed by atoms with Gasteiger partial charge in [0, 0.05) is 15.9 Å². The van der Waals surface area contributed by atoms with E-state index in [2.05, 4.69) is 0 Å². The Morgan fingerprint density at radius 1 is 1.73 bits per heavy atom. The third-order valence-corrected chi connectivity index (χ3v) is 1.80. The highest BCUT2D eigenvalue weighted by molar-refractivity contribution is 7.08. The lowest BCUT2D eigenvalue weighted by Crippen LogP contribution is -2.12. The van der Waals surface area contributed by atoms with Crippen molar-refractivity contribution in [3.8, 4) is 0 Å². The summed E-state index contributed by atoms with van der Waals surface area (Å²) in [4.78, 5) is 20.1. The SMILES string of the molecule is O=C(C[N+](=O)[O-])c1ccsc1. The number of nitrogens with zero attached hydrogens (tertiary/aromatic N) is 1. The van der Waals surface area contributed by atoms with Gasteiger partial charge in [-0.1, -0.05) is 0 Å². The van der Waals surface area contributed by atoms with E-state index in [1.807, 2.05) is 0 Å². The Hall–Kier alpha value is -1.23. The number of carbonyl (C=O) groups excluding carboxylic acids is 1. The first-order valence-corrected chi connectivity index (χ1v) is 3.81. The van der Waals surface area contributed by atoms with Crippen molar-refractivity contribution in [1.29, 1.82) is 0 Å². The van der Waals surface area contributed by atoms with E-state index in [4.69, 9.17) is 0 Å². The van der Waals surface area contributed by atoms with Crippen LogP contribution >= 0.6 is 11.3 Å². The lowest BCUT2D eigenvalue weighted by atomic mass is 10.2. The number of Topliss-reactive ketones (excluding diaryl/α,β-unsaturated/α-hetero) is 1. The molecular formula is C6H5NO3S. The highest BCUT2D eigenvalue weighted by Gasteiger charge is 2.11. The molecule has 0 aliphatic carbocycles. The zero-order valence-electron chi connectivity index (χ0n) is 5.52. The van der Waals surface area contributed by atoms with Gasteiger partial charge in [0.2, 0.25) is 5.78 Å². The highest BCUT2D eigenvalue weighted by Crippen LogP contribution is 2.06. The van der Waals surface area contributed by atoms with E-state index in [-0.39, 0.29) is 0 Å². The van der Waals surface area contributed by atoms with Crippen LogP contribution in [-0.4, -0.2) is 17.3 Å². The normalized spacial score (nSPS) is 9.45. The molecule has 0 aliphatic rings. The summed E-state index contributed by atoms with van der Waals surface area (Å²) >= 11 is 1.35. The van der Waals surface area contributed by atoms with Crippen LogP contribution in [0, 0.1) is 10.1 Å². The summed E-state index contributed by atoms with van der Waals surface area (Å²) in [7, 11) is 0. The molecule has 1 aromatic rings. The zero-order valence-corrected chi connectivity index (χ0v) is 6.34. The largest absolute Gasteiger partial charge is 0.287 e. The molecule has 0 unspecified atom stereocenters. The Bertz CT molecular complexity index is 267. The topological polar surface area (TPSA) is 60.2 Å². The number of thiophene rings is 1. The van der Waals surface area contributed by atoms with Gasteiger partial charge in [-0.25, -0.2) is 0 Å². The van der Waals surface area contributed by atoms with Crippen molar-refractivity contribution in [3.05, 3.63) is 32.5 Å². The summed E-state index contributed by atoms with van der Waals surface area (Å²) in [6.45, 7) is -0.614. The summed E-state index contributed by atoms with van der Waals surface area (Å²) in [6.07, 6.45) is 0. The van der Waals surface area contributed by atoms with Crippen LogP contribution in [0.4, 0.5) is 0 Å². The summed E-state index contributed by atoms with van der Waals surface area (Å²) in [5.74, 6) is -0.434. The van der Waals surface area contributed by atoms with Crippen LogP contribution in [0.25, 0.3) is 0 Å². The second-order valence-electron chi connectivity index (χ2n) is 1.93. The van der Waals surface area contributed by atoms with Crippen LogP contribution in [0.2, 0.25) is 0 Å². The molecule has 0 bridgehead atoms. The van der Waals surface area contributed by atoms with Gasteiger partial charge in [0.15, 0.2) is 0 Å². The fraction of sp³-hybridized carbons (Fsp3) is 0.167. The van der Waals surface area contributed by atoms with E-state index >= 15 is 0 Å². The molecule has 0 atom stereocenters. The Balaban J connectivity index is 2.64. The minimum atomic E-state index is -0.625. The number of ketones is 1. The van der Waals surface area contributed by atoms with E-state index in [0.717, 1.165) is 0 Å². The van der Waals surface area contributed by atoms with Crippen LogP contribution in [0.5, 0.6) is 0 Å². The van der Waals surface area contributed by atoms with Gasteiger partial charge in [-0.15, -0.1) is 0 Å². The quantitative estimate of drug-likeness (QED) is 0.390. The number of hydrogen-bond donors (Lipinski definition) is 0. The second kappa shape index (κ2) is 3.25. The molecule has 4 nitrogen and oxygen atoms in total. The van der Waals surface area contributed by atoms with E-state index in [1.165, 1.54) is 11.3 Å². The molecule has 0 radical (unpaired) electrons. The summed E-state index contributed by atoms with van der Waals surface area (Å²) in [6, 6.07) is 1.58. The van der Waals surface area contributed by atoms with Gasteiger partial charge in [-0.2, -0.15) is 11.3 Å². The average molecular weight is 171 g/mol. The molecule has 1 aromatic heterocycles. The predicted octanol–water partition coefficient (Wildman–Crippen LogP) is 1.21. The summed E-state index contributed by atoms with van der Waals surface area (Å²) in [5, 5.41) is 13.2. The highest BCUT2D eigenvalue weighted by atomic mass is 32.1. The van der Waals surface area contributed by atoms with Crippen LogP contribution < -0.4 is 0 Å². The molecule has 58 valence electrons. The first kappa shape index (κ1) is 7.87. The maximum Gasteiger partial charge on any atom is 0.265 e. The molecular weight excluding hydrogens is 166 g/mol. The molecule has 0 aromatic carbocycles. The first-order valence-electron chi connectivity index (χ1n) is 2.87. The fourth-order valence-electron chi connectivity index (χ4n) is 0.632. The smallest absolute Gasteiger partial charge is 0.265 e. The summed E-state index contributed by atoms with van der Waals surface area (Å²) < 4.78 is 0. The van der Waals surface area contributed by atoms with E-state index in [9.17, 15) is 14.9 Å². The predicted molar refractivity (Wildman–Crippen MR) is 40.5 cm³/mol. The standard InChI is InChI=1S/C6H5NO3S/c8-6(3-7(9)10)5-1-2-11-4-5/h1-2,4H,3H2. The van der Waals surface area contributed by atoms with Crippen molar-refractivity contribution >= 4 is 17.1 Å². The van der Waals surface area contributed by atoms with Crippen molar-refractivity contribution in [2.75, 3.05) is 6.54 Å². The number of carbonyl (C=O) groups is 1. The monoisotopic (exact) mass is 171 g/mol. The molecule has 1 heterocycles. The minimum Gasteiger partial charge on any atom is -0.287 e. The lowest BCUT2D eigenvalue weighted by Gasteiger charge is -1.88. The van der Waals surface area contributed by atoms with Crippen LogP contribution in [0.15, 0.2) is 16.8 Å². The van der Waals surface area contributed by atoms with Crippen molar-refractivity contribution in [2.24, 2.45) is 0 Å². The number of hydrogen-bond acceptors (Lipinski definition) is 4. The number of nitro groups is 1. The van der Waals surface area contributed by atoms with Crippen molar-refractivity contribution in [3.63, 3.8) is 0 Å². The van der Waals surface area contributed by atoms with Gasteiger partial charge in [-0.3, -0.25) is 14.9 Å². The van der Waals surface area contributed by atoms with Gasteiger partial charge in [0.1, 0.15) is 0 Å². The first-order chi connectivity index (χ1) is 5.20. The van der Waals surface area contributed by atoms with Crippen molar-refractivity contribution < 1.29 is 9.72 Å². The Morgan fingerprint density at radius 3 is 2.91 bits per heavy atom. The van der Waals surface area contributed by atoms with E-state index < -0.39 is 17.3 Å². The zero-order chi connectivity index (χ0) is 8.27. The molecule has 0 amide bonds. The van der Waals surface area contributed by atoms with Gasteiger partial charge in [0.05, 0.1) is 0 Å². The maximum absolute atomic E-state index is 10.9. The van der Waals surface area contributed by atoms with Crippen molar-refractivity contribution in [1.82, 2.24) is 0 Å². The van der Waals surface area contributed by atoms with Crippen LogP contribution in [0.1, 0.15) is 10.4 Å². The van der Waals surface area contributed by atoms with Gasteiger partial charge in [0.25, 0.3) is 6.54 Å². The molecule has 5 heteroatoms. The maximum atomic E-state index is 10.9. The minimum absolute atomic E-state index is 0.423. The lowest BCUT2D eigenvalue weighted by molar-refractivity contribution is -0.465. The van der Waals surface area contributed by atoms with E-state index in [1.54, 1.807) is 16.8 Å². The molecule has 0 aliphatic heterocycles. The molecule has 0 N–H and O–H groups in total. The van der Waals surface area contributed by atoms with Gasteiger partial charge < -0.3 is 0 Å². The second-order valence-corrected chi connectivity index (χ2v) is 2.71. The van der Waals surface area contributed by atoms with E-state index in [0.29, 0.717) is 5.56 Å². The van der Waals surface area contributed by atoms with Gasteiger partial charge in [-0.05, 0) is 11.4 Å². The molecule has 11 heavy (non-hydrogen) atoms. The summed E-state index contributed by atoms with van der Waals surface area (Å²) in [5.41, 5.74) is 0.423. The van der Waals surface area contributed by atoms with Crippen LogP contribution in [-0.2, 0) is 0 Å². The Kier molecular flexibility index (Phi) is 2.32. The third-order valence-electron chi connectivity index (χ3n) is 1.12. The molecule has 0 fully saturated rings. The van der Waals surface area contributed by atoms with Gasteiger partial charge >= 0.3 is 0 Å². The average Bonchev–Trinajstić information content (AvgIpc) is 2.35. The molecule has 0 spiro atoms. The third kappa shape index (κ3) is 2.12. The Morgan fingerprint density at radius 2 is 2.45 bits per heavy atom. The molecule has 0 saturated carbocycles. The molecule has 0 saturated heterocycles.